The molecule has 15 heteroatoms. The Hall–Kier alpha value is -4.17. The Labute approximate surface area is 254 Å². The number of ether oxygens (including phenoxy) is 1. The lowest BCUT2D eigenvalue weighted by Gasteiger charge is -2.33. The molecule has 234 valence electrons. The second kappa shape index (κ2) is 12.8. The van der Waals surface area contributed by atoms with E-state index in [9.17, 15) is 31.9 Å². The fourth-order valence-corrected chi connectivity index (χ4v) is 5.75. The zero-order chi connectivity index (χ0) is 31.7. The molecule has 3 aromatic rings. The van der Waals surface area contributed by atoms with Gasteiger partial charge in [-0.2, -0.15) is 13.2 Å². The van der Waals surface area contributed by atoms with Gasteiger partial charge in [-0.05, 0) is 49.6 Å². The minimum Gasteiger partial charge on any atom is -0.432 e. The van der Waals surface area contributed by atoms with E-state index in [1.807, 2.05) is 0 Å². The summed E-state index contributed by atoms with van der Waals surface area (Å²) in [5.41, 5.74) is 6.09. The van der Waals surface area contributed by atoms with Crippen molar-refractivity contribution in [2.45, 2.75) is 31.9 Å². The molecule has 2 aromatic carbocycles. The van der Waals surface area contributed by atoms with E-state index in [2.05, 4.69) is 15.0 Å². The average Bonchev–Trinajstić information content (AvgIpc) is 3.60. The van der Waals surface area contributed by atoms with Crippen LogP contribution in [0.1, 0.15) is 40.2 Å². The third kappa shape index (κ3) is 6.36. The molecule has 0 spiro atoms. The van der Waals surface area contributed by atoms with Gasteiger partial charge in [0.1, 0.15) is 0 Å². The molecule has 1 aromatic heterocycles. The first kappa shape index (κ1) is 31.3. The highest BCUT2D eigenvalue weighted by Crippen LogP contribution is 2.31. The van der Waals surface area contributed by atoms with E-state index >= 15 is 0 Å². The number of nitrogens with two attached hydrogens (primary N) is 1. The predicted molar refractivity (Wildman–Crippen MR) is 152 cm³/mol. The molecule has 2 fully saturated rings. The van der Waals surface area contributed by atoms with Gasteiger partial charge in [-0.1, -0.05) is 11.6 Å². The summed E-state index contributed by atoms with van der Waals surface area (Å²) in [6, 6.07) is 6.27. The van der Waals surface area contributed by atoms with Crippen molar-refractivity contribution in [3.05, 3.63) is 64.6 Å². The van der Waals surface area contributed by atoms with Gasteiger partial charge in [0.05, 0.1) is 22.5 Å². The molecule has 44 heavy (non-hydrogen) atoms. The Kier molecular flexibility index (Phi) is 9.11. The van der Waals surface area contributed by atoms with Crippen molar-refractivity contribution in [2.75, 3.05) is 31.5 Å². The van der Waals surface area contributed by atoms with Crippen LogP contribution in [0.15, 0.2) is 36.5 Å². The largest absolute Gasteiger partial charge is 0.432 e. The third-order valence-corrected chi connectivity index (χ3v) is 8.17. The lowest BCUT2D eigenvalue weighted by Crippen LogP contribution is -2.44. The lowest BCUT2D eigenvalue weighted by atomic mass is 9.95. The van der Waals surface area contributed by atoms with Crippen molar-refractivity contribution >= 4 is 35.0 Å². The number of likely N-dealkylation sites (tertiary alicyclic amines) is 2. The highest BCUT2D eigenvalue weighted by Gasteiger charge is 2.33. The molecule has 3 amide bonds. The van der Waals surface area contributed by atoms with Crippen LogP contribution >= 0.6 is 11.6 Å². The number of hydrogen-bond donors (Lipinski definition) is 2. The van der Waals surface area contributed by atoms with E-state index in [0.29, 0.717) is 39.0 Å². The van der Waals surface area contributed by atoms with Crippen molar-refractivity contribution in [3.8, 4) is 17.0 Å². The standard InChI is InChI=1S/C29H29ClF4N6O4/c1-38-21(19-4-5-22(44-29(33)34)24(32)23(19)31)13-36-25(38)26(41)37-17-2-3-18(20(30)12-17)28(43)39-9-6-15(7-10-39)27(42)40-11-8-16(35)14-40/h2-5,12-13,15-16,29H,6-11,14,35H2,1H3,(H,37,41). The number of carbonyl (C=O) groups is 3. The van der Waals surface area contributed by atoms with Crippen molar-refractivity contribution < 1.29 is 36.7 Å². The summed E-state index contributed by atoms with van der Waals surface area (Å²) in [5.74, 6) is -5.26. The van der Waals surface area contributed by atoms with E-state index < -0.39 is 29.9 Å². The number of aromatic nitrogens is 2. The van der Waals surface area contributed by atoms with Crippen molar-refractivity contribution in [1.82, 2.24) is 19.4 Å². The Bertz CT molecular complexity index is 1590. The molecule has 0 aliphatic carbocycles. The van der Waals surface area contributed by atoms with Gasteiger partial charge in [0.25, 0.3) is 11.8 Å². The molecule has 2 aliphatic rings. The van der Waals surface area contributed by atoms with Gasteiger partial charge in [0, 0.05) is 56.4 Å². The molecule has 3 heterocycles. The van der Waals surface area contributed by atoms with E-state index in [1.165, 1.54) is 29.8 Å². The summed E-state index contributed by atoms with van der Waals surface area (Å²) in [5, 5.41) is 2.70. The first-order valence-electron chi connectivity index (χ1n) is 13.8. The van der Waals surface area contributed by atoms with Crippen LogP contribution in [0.5, 0.6) is 5.75 Å². The van der Waals surface area contributed by atoms with E-state index in [-0.39, 0.29) is 57.1 Å². The maximum atomic E-state index is 14.6. The molecular weight excluding hydrogens is 608 g/mol. The SMILES string of the molecule is Cn1c(-c2ccc(OC(F)F)c(F)c2F)cnc1C(=O)Nc1ccc(C(=O)N2CCC(C(=O)N3CCC(N)C3)CC2)c(Cl)c1. The summed E-state index contributed by atoms with van der Waals surface area (Å²) in [6.45, 7) is -1.31. The number of rotatable bonds is 7. The number of nitrogens with zero attached hydrogens (tertiary/aromatic N) is 4. The number of benzene rings is 2. The first-order valence-corrected chi connectivity index (χ1v) is 14.2. The Morgan fingerprint density at radius 2 is 1.75 bits per heavy atom. The van der Waals surface area contributed by atoms with E-state index in [4.69, 9.17) is 17.3 Å². The molecule has 2 aliphatic heterocycles. The fraction of sp³-hybridized carbons (Fsp3) is 0.379. The minimum absolute atomic E-state index is 0.00333. The van der Waals surface area contributed by atoms with Crippen LogP contribution in [0.3, 0.4) is 0 Å². The van der Waals surface area contributed by atoms with Gasteiger partial charge in [0.15, 0.2) is 17.4 Å². The summed E-state index contributed by atoms with van der Waals surface area (Å²) < 4.78 is 59.0. The number of halogens is 5. The van der Waals surface area contributed by atoms with Gasteiger partial charge < -0.3 is 30.2 Å². The number of imidazole rings is 1. The van der Waals surface area contributed by atoms with Gasteiger partial charge in [0.2, 0.25) is 11.7 Å². The quantitative estimate of drug-likeness (QED) is 0.373. The number of amides is 3. The second-order valence-corrected chi connectivity index (χ2v) is 11.1. The average molecular weight is 637 g/mol. The third-order valence-electron chi connectivity index (χ3n) is 7.86. The van der Waals surface area contributed by atoms with Crippen molar-refractivity contribution in [2.24, 2.45) is 18.7 Å². The van der Waals surface area contributed by atoms with Crippen LogP contribution in [0.25, 0.3) is 11.3 Å². The summed E-state index contributed by atoms with van der Waals surface area (Å²) in [7, 11) is 1.39. The molecule has 1 atom stereocenters. The highest BCUT2D eigenvalue weighted by molar-refractivity contribution is 6.34. The topological polar surface area (TPSA) is 123 Å². The molecule has 1 unspecified atom stereocenters. The van der Waals surface area contributed by atoms with E-state index in [0.717, 1.165) is 24.8 Å². The van der Waals surface area contributed by atoms with Crippen molar-refractivity contribution in [1.29, 1.82) is 0 Å². The predicted octanol–water partition coefficient (Wildman–Crippen LogP) is 4.28. The summed E-state index contributed by atoms with van der Waals surface area (Å²) in [4.78, 5) is 46.4. The van der Waals surface area contributed by atoms with Gasteiger partial charge in [-0.25, -0.2) is 9.37 Å². The molecule has 0 saturated carbocycles. The second-order valence-electron chi connectivity index (χ2n) is 10.7. The number of alkyl halides is 2. The molecule has 5 rings (SSSR count). The molecule has 2 saturated heterocycles. The molecular formula is C29H29ClF4N6O4. The first-order chi connectivity index (χ1) is 20.9. The van der Waals surface area contributed by atoms with E-state index in [1.54, 1.807) is 9.80 Å². The number of piperidine rings is 1. The monoisotopic (exact) mass is 636 g/mol. The fourth-order valence-electron chi connectivity index (χ4n) is 5.49. The number of anilines is 1. The number of nitrogens with one attached hydrogen (secondary N) is 1. The summed E-state index contributed by atoms with van der Waals surface area (Å²) >= 11 is 6.42. The van der Waals surface area contributed by atoms with Crippen LogP contribution in [-0.4, -0.2) is 75.9 Å². The Balaban J connectivity index is 1.22. The zero-order valence-electron chi connectivity index (χ0n) is 23.5. The van der Waals surface area contributed by atoms with Gasteiger partial charge in [-0.15, -0.1) is 0 Å². The molecule has 0 radical (unpaired) electrons. The maximum absolute atomic E-state index is 14.6. The lowest BCUT2D eigenvalue weighted by molar-refractivity contribution is -0.135. The normalized spacial score (nSPS) is 17.3. The van der Waals surface area contributed by atoms with Gasteiger partial charge >= 0.3 is 6.61 Å². The zero-order valence-corrected chi connectivity index (χ0v) is 24.3. The minimum atomic E-state index is -3.34. The molecule has 10 nitrogen and oxygen atoms in total. The highest BCUT2D eigenvalue weighted by atomic mass is 35.5. The summed E-state index contributed by atoms with van der Waals surface area (Å²) in [6.07, 6.45) is 3.00. The Morgan fingerprint density at radius 3 is 2.39 bits per heavy atom. The van der Waals surface area contributed by atoms with Crippen LogP contribution in [0.4, 0.5) is 23.2 Å². The van der Waals surface area contributed by atoms with Crippen LogP contribution in [0, 0.1) is 17.6 Å². The van der Waals surface area contributed by atoms with Crippen LogP contribution < -0.4 is 15.8 Å². The van der Waals surface area contributed by atoms with Gasteiger partial charge in [-0.3, -0.25) is 14.4 Å². The van der Waals surface area contributed by atoms with Crippen LogP contribution in [-0.2, 0) is 11.8 Å². The number of hydrogen-bond acceptors (Lipinski definition) is 6. The van der Waals surface area contributed by atoms with Crippen LogP contribution in [0.2, 0.25) is 5.02 Å². The molecule has 3 N–H and O–H groups in total. The smallest absolute Gasteiger partial charge is 0.387 e. The Morgan fingerprint density at radius 1 is 1.05 bits per heavy atom. The number of carbonyl (C=O) groups excluding carboxylic acids is 3. The maximum Gasteiger partial charge on any atom is 0.387 e. The molecule has 0 bridgehead atoms. The van der Waals surface area contributed by atoms with Crippen molar-refractivity contribution in [3.63, 3.8) is 0 Å².